The number of rotatable bonds is 4. The molecule has 5 heteroatoms. The van der Waals surface area contributed by atoms with Crippen molar-refractivity contribution < 1.29 is 13.6 Å². The number of nitrogens with one attached hydrogen (secondary N) is 1. The number of carbonyl (C=O) groups excluding carboxylic acids is 1. The first-order chi connectivity index (χ1) is 7.00. The molecule has 1 aromatic rings. The molecule has 0 aromatic heterocycles. The van der Waals surface area contributed by atoms with Crippen molar-refractivity contribution in [2.45, 2.75) is 19.4 Å². The lowest BCUT2D eigenvalue weighted by atomic mass is 10.2. The molecule has 1 aromatic carbocycles. The summed E-state index contributed by atoms with van der Waals surface area (Å²) in [5, 5.41) is 2.61. The third-order valence-electron chi connectivity index (χ3n) is 1.94. The Kier molecular flexibility index (Phi) is 3.60. The zero-order valence-electron chi connectivity index (χ0n) is 8.21. The molecule has 0 aliphatic rings. The van der Waals surface area contributed by atoms with Crippen LogP contribution in [0.5, 0.6) is 0 Å². The Morgan fingerprint density at radius 2 is 1.87 bits per heavy atom. The fourth-order valence-electron chi connectivity index (χ4n) is 1.06. The van der Waals surface area contributed by atoms with E-state index in [9.17, 15) is 13.6 Å². The van der Waals surface area contributed by atoms with Crippen molar-refractivity contribution in [3.63, 3.8) is 0 Å². The highest BCUT2D eigenvalue weighted by molar-refractivity contribution is 5.93. The molecule has 0 saturated heterocycles. The first-order valence-corrected chi connectivity index (χ1v) is 4.45. The highest BCUT2D eigenvalue weighted by Gasteiger charge is 2.13. The second-order valence-corrected chi connectivity index (χ2v) is 3.21. The van der Waals surface area contributed by atoms with Gasteiger partial charge in [-0.25, -0.2) is 8.78 Å². The largest absolute Gasteiger partial charge is 0.377 e. The molecule has 0 bridgehead atoms. The van der Waals surface area contributed by atoms with E-state index in [0.29, 0.717) is 11.3 Å². The first kappa shape index (κ1) is 11.4. The summed E-state index contributed by atoms with van der Waals surface area (Å²) in [7, 11) is 0. The molecule has 1 rings (SSSR count). The minimum absolute atomic E-state index is 0.352. The van der Waals surface area contributed by atoms with Crippen molar-refractivity contribution >= 4 is 11.6 Å². The molecule has 0 radical (unpaired) electrons. The van der Waals surface area contributed by atoms with Crippen molar-refractivity contribution in [2.24, 2.45) is 5.73 Å². The Labute approximate surface area is 86.3 Å². The quantitative estimate of drug-likeness (QED) is 0.803. The number of nitrogens with two attached hydrogens (primary N) is 1. The number of benzene rings is 1. The topological polar surface area (TPSA) is 55.1 Å². The van der Waals surface area contributed by atoms with Crippen LogP contribution in [-0.2, 0) is 0 Å². The van der Waals surface area contributed by atoms with E-state index in [1.165, 1.54) is 19.1 Å². The van der Waals surface area contributed by atoms with Crippen LogP contribution in [0.4, 0.5) is 14.5 Å². The second kappa shape index (κ2) is 4.72. The average molecular weight is 214 g/mol. The van der Waals surface area contributed by atoms with E-state index < -0.39 is 18.4 Å². The van der Waals surface area contributed by atoms with Crippen LogP contribution in [0.15, 0.2) is 24.3 Å². The Morgan fingerprint density at radius 1 is 1.33 bits per heavy atom. The number of carbonyl (C=O) groups is 1. The Hall–Kier alpha value is -1.65. The molecule has 0 fully saturated rings. The van der Waals surface area contributed by atoms with Gasteiger partial charge in [-0.05, 0) is 31.2 Å². The fourth-order valence-corrected chi connectivity index (χ4v) is 1.06. The zero-order chi connectivity index (χ0) is 11.4. The minimum Gasteiger partial charge on any atom is -0.377 e. The Bertz CT molecular complexity index is 338. The van der Waals surface area contributed by atoms with Crippen LogP contribution in [-0.4, -0.2) is 18.4 Å². The molecule has 0 saturated carbocycles. The molecule has 1 amide bonds. The third kappa shape index (κ3) is 3.19. The van der Waals surface area contributed by atoms with Gasteiger partial charge < -0.3 is 11.1 Å². The van der Waals surface area contributed by atoms with Gasteiger partial charge in [0.25, 0.3) is 6.43 Å². The smallest absolute Gasteiger partial charge is 0.258 e. The summed E-state index contributed by atoms with van der Waals surface area (Å²) in [6.45, 7) is 1.38. The van der Waals surface area contributed by atoms with E-state index in [-0.39, 0.29) is 0 Å². The number of hydrogen-bond acceptors (Lipinski definition) is 2. The summed E-state index contributed by atoms with van der Waals surface area (Å²) in [5.41, 5.74) is 5.92. The molecule has 0 spiro atoms. The molecular formula is C10H12F2N2O. The van der Waals surface area contributed by atoms with Gasteiger partial charge in [-0.2, -0.15) is 0 Å². The SMILES string of the molecule is CC(Nc1ccc(C(N)=O)cc1)C(F)F. The molecule has 3 N–H and O–H groups in total. The van der Waals surface area contributed by atoms with Gasteiger partial charge in [0.15, 0.2) is 0 Å². The first-order valence-electron chi connectivity index (χ1n) is 4.45. The summed E-state index contributed by atoms with van der Waals surface area (Å²) in [4.78, 5) is 10.7. The van der Waals surface area contributed by atoms with E-state index in [2.05, 4.69) is 5.32 Å². The maximum Gasteiger partial charge on any atom is 0.258 e. The summed E-state index contributed by atoms with van der Waals surface area (Å²) < 4.78 is 24.4. The summed E-state index contributed by atoms with van der Waals surface area (Å²) in [6.07, 6.45) is -2.43. The zero-order valence-corrected chi connectivity index (χ0v) is 8.21. The Balaban J connectivity index is 2.68. The molecule has 1 atom stereocenters. The van der Waals surface area contributed by atoms with Crippen molar-refractivity contribution in [2.75, 3.05) is 5.32 Å². The van der Waals surface area contributed by atoms with Crippen molar-refractivity contribution in [1.82, 2.24) is 0 Å². The number of hydrogen-bond donors (Lipinski definition) is 2. The molecule has 15 heavy (non-hydrogen) atoms. The van der Waals surface area contributed by atoms with Gasteiger partial charge in [-0.15, -0.1) is 0 Å². The maximum absolute atomic E-state index is 12.2. The van der Waals surface area contributed by atoms with Gasteiger partial charge in [0, 0.05) is 11.3 Å². The third-order valence-corrected chi connectivity index (χ3v) is 1.94. The molecule has 0 aliphatic carbocycles. The van der Waals surface area contributed by atoms with Crippen LogP contribution in [0.3, 0.4) is 0 Å². The lowest BCUT2D eigenvalue weighted by molar-refractivity contribution is 0.1000. The van der Waals surface area contributed by atoms with Gasteiger partial charge in [-0.3, -0.25) is 4.79 Å². The number of amides is 1. The predicted molar refractivity (Wildman–Crippen MR) is 54.0 cm³/mol. The van der Waals surface area contributed by atoms with Gasteiger partial charge >= 0.3 is 0 Å². The van der Waals surface area contributed by atoms with Gasteiger partial charge in [0.05, 0.1) is 6.04 Å². The molecular weight excluding hydrogens is 202 g/mol. The van der Waals surface area contributed by atoms with Crippen LogP contribution < -0.4 is 11.1 Å². The molecule has 0 aliphatic heterocycles. The monoisotopic (exact) mass is 214 g/mol. The van der Waals surface area contributed by atoms with E-state index in [1.54, 1.807) is 12.1 Å². The van der Waals surface area contributed by atoms with Crippen molar-refractivity contribution in [1.29, 1.82) is 0 Å². The highest BCUT2D eigenvalue weighted by atomic mass is 19.3. The van der Waals surface area contributed by atoms with Crippen molar-refractivity contribution in [3.8, 4) is 0 Å². The van der Waals surface area contributed by atoms with E-state index in [4.69, 9.17) is 5.73 Å². The second-order valence-electron chi connectivity index (χ2n) is 3.21. The molecule has 0 heterocycles. The maximum atomic E-state index is 12.2. The summed E-state index contributed by atoms with van der Waals surface area (Å²) in [6, 6.07) is 5.13. The van der Waals surface area contributed by atoms with Crippen LogP contribution in [0.2, 0.25) is 0 Å². The Morgan fingerprint density at radius 3 is 2.27 bits per heavy atom. The van der Waals surface area contributed by atoms with Gasteiger partial charge in [0.1, 0.15) is 0 Å². The van der Waals surface area contributed by atoms with E-state index in [1.807, 2.05) is 0 Å². The van der Waals surface area contributed by atoms with Crippen molar-refractivity contribution in [3.05, 3.63) is 29.8 Å². The van der Waals surface area contributed by atoms with Gasteiger partial charge in [-0.1, -0.05) is 0 Å². The van der Waals surface area contributed by atoms with E-state index in [0.717, 1.165) is 0 Å². The number of anilines is 1. The van der Waals surface area contributed by atoms with E-state index >= 15 is 0 Å². The van der Waals surface area contributed by atoms with Crippen LogP contribution >= 0.6 is 0 Å². The lowest BCUT2D eigenvalue weighted by Gasteiger charge is -2.13. The summed E-state index contributed by atoms with van der Waals surface area (Å²) in [5.74, 6) is -0.538. The normalized spacial score (nSPS) is 12.5. The molecule has 1 unspecified atom stereocenters. The predicted octanol–water partition coefficient (Wildman–Crippen LogP) is 1.85. The summed E-state index contributed by atoms with van der Waals surface area (Å²) >= 11 is 0. The fraction of sp³-hybridized carbons (Fsp3) is 0.300. The number of primary amides is 1. The lowest BCUT2D eigenvalue weighted by Crippen LogP contribution is -2.23. The highest BCUT2D eigenvalue weighted by Crippen LogP contribution is 2.13. The standard InChI is InChI=1S/C10H12F2N2O/c1-6(9(11)12)14-8-4-2-7(3-5-8)10(13)15/h2-6,9,14H,1H3,(H2,13,15). The average Bonchev–Trinajstić information content (AvgIpc) is 2.18. The van der Waals surface area contributed by atoms with Crippen LogP contribution in [0.25, 0.3) is 0 Å². The number of alkyl halides is 2. The minimum atomic E-state index is -2.43. The van der Waals surface area contributed by atoms with Gasteiger partial charge in [0.2, 0.25) is 5.91 Å². The van der Waals surface area contributed by atoms with Crippen LogP contribution in [0.1, 0.15) is 17.3 Å². The molecule has 82 valence electrons. The molecule has 3 nitrogen and oxygen atoms in total. The van der Waals surface area contributed by atoms with Crippen LogP contribution in [0, 0.1) is 0 Å². The number of halogens is 2.